The predicted octanol–water partition coefficient (Wildman–Crippen LogP) is 1.76. The van der Waals surface area contributed by atoms with E-state index in [4.69, 9.17) is 9.84 Å². The van der Waals surface area contributed by atoms with Crippen LogP contribution in [0.25, 0.3) is 0 Å². The third-order valence-electron chi connectivity index (χ3n) is 3.27. The van der Waals surface area contributed by atoms with E-state index in [1.54, 1.807) is 37.3 Å². The van der Waals surface area contributed by atoms with Crippen LogP contribution in [-0.4, -0.2) is 40.6 Å². The molecule has 0 saturated carbocycles. The summed E-state index contributed by atoms with van der Waals surface area (Å²) in [5.74, 6) is -1.34. The van der Waals surface area contributed by atoms with Crippen molar-refractivity contribution < 1.29 is 24.2 Å². The number of rotatable bonds is 3. The van der Waals surface area contributed by atoms with E-state index in [1.807, 2.05) is 0 Å². The summed E-state index contributed by atoms with van der Waals surface area (Å²) in [6.45, 7) is 1.55. The van der Waals surface area contributed by atoms with Gasteiger partial charge in [0.25, 0.3) is 0 Å². The highest BCUT2D eigenvalue weighted by Crippen LogP contribution is 2.24. The molecule has 1 aliphatic heterocycles. The number of nitrogens with zero attached hydrogens (tertiary/aromatic N) is 1. The minimum absolute atomic E-state index is 0.115. The molecule has 1 aromatic carbocycles. The van der Waals surface area contributed by atoms with Crippen LogP contribution in [0.5, 0.6) is 0 Å². The van der Waals surface area contributed by atoms with Crippen LogP contribution < -0.4 is 0 Å². The number of carbonyl (C=O) groups excluding carboxylic acids is 2. The molecule has 0 radical (unpaired) electrons. The van der Waals surface area contributed by atoms with Gasteiger partial charge in [-0.2, -0.15) is 0 Å². The molecule has 0 aromatic heterocycles. The SMILES string of the molecule is CC1C[C@@H](COC(=O)c2ccccc2)N(C(=O)O)C1=O. The lowest BCUT2D eigenvalue weighted by atomic mass is 10.1. The van der Waals surface area contributed by atoms with E-state index in [1.165, 1.54) is 0 Å². The Morgan fingerprint density at radius 2 is 2.00 bits per heavy atom. The minimum Gasteiger partial charge on any atom is -0.465 e. The molecule has 1 N–H and O–H groups in total. The van der Waals surface area contributed by atoms with Gasteiger partial charge >= 0.3 is 12.1 Å². The van der Waals surface area contributed by atoms with Crippen LogP contribution in [-0.2, 0) is 9.53 Å². The van der Waals surface area contributed by atoms with Crippen molar-refractivity contribution in [2.75, 3.05) is 6.61 Å². The highest BCUT2D eigenvalue weighted by molar-refractivity contribution is 5.94. The van der Waals surface area contributed by atoms with E-state index < -0.39 is 24.0 Å². The number of imide groups is 1. The molecule has 106 valence electrons. The van der Waals surface area contributed by atoms with E-state index in [0.717, 1.165) is 4.90 Å². The summed E-state index contributed by atoms with van der Waals surface area (Å²) < 4.78 is 5.09. The van der Waals surface area contributed by atoms with Crippen LogP contribution >= 0.6 is 0 Å². The lowest BCUT2D eigenvalue weighted by Crippen LogP contribution is -2.40. The van der Waals surface area contributed by atoms with E-state index in [-0.39, 0.29) is 12.5 Å². The Bertz CT molecular complexity index is 528. The molecular formula is C14H15NO5. The van der Waals surface area contributed by atoms with Crippen molar-refractivity contribution in [2.24, 2.45) is 5.92 Å². The highest BCUT2D eigenvalue weighted by atomic mass is 16.5. The molecule has 20 heavy (non-hydrogen) atoms. The normalized spacial score (nSPS) is 21.9. The smallest absolute Gasteiger partial charge is 0.414 e. The first-order chi connectivity index (χ1) is 9.50. The van der Waals surface area contributed by atoms with Gasteiger partial charge in [-0.05, 0) is 18.6 Å². The monoisotopic (exact) mass is 277 g/mol. The first kappa shape index (κ1) is 14.0. The molecule has 1 aliphatic rings. The van der Waals surface area contributed by atoms with E-state index in [9.17, 15) is 14.4 Å². The molecule has 1 heterocycles. The van der Waals surface area contributed by atoms with Gasteiger partial charge in [0.15, 0.2) is 0 Å². The molecule has 0 bridgehead atoms. The van der Waals surface area contributed by atoms with Crippen LogP contribution in [0.2, 0.25) is 0 Å². The maximum Gasteiger partial charge on any atom is 0.414 e. The molecule has 0 aliphatic carbocycles. The fourth-order valence-corrected chi connectivity index (χ4v) is 2.25. The number of esters is 1. The largest absolute Gasteiger partial charge is 0.465 e. The van der Waals surface area contributed by atoms with Gasteiger partial charge in [0.05, 0.1) is 11.6 Å². The van der Waals surface area contributed by atoms with Crippen molar-refractivity contribution in [1.29, 1.82) is 0 Å². The van der Waals surface area contributed by atoms with Crippen molar-refractivity contribution in [3.63, 3.8) is 0 Å². The van der Waals surface area contributed by atoms with Gasteiger partial charge in [0.1, 0.15) is 6.61 Å². The molecule has 1 fully saturated rings. The summed E-state index contributed by atoms with van der Waals surface area (Å²) in [7, 11) is 0. The average molecular weight is 277 g/mol. The number of likely N-dealkylation sites (tertiary alicyclic amines) is 1. The topological polar surface area (TPSA) is 83.9 Å². The molecule has 1 unspecified atom stereocenters. The number of carbonyl (C=O) groups is 3. The Labute approximate surface area is 115 Å². The summed E-state index contributed by atoms with van der Waals surface area (Å²) >= 11 is 0. The average Bonchev–Trinajstić information content (AvgIpc) is 2.72. The van der Waals surface area contributed by atoms with Gasteiger partial charge < -0.3 is 9.84 Å². The van der Waals surface area contributed by atoms with Gasteiger partial charge in [-0.3, -0.25) is 4.79 Å². The zero-order chi connectivity index (χ0) is 14.7. The van der Waals surface area contributed by atoms with Crippen LogP contribution in [0.3, 0.4) is 0 Å². The fourth-order valence-electron chi connectivity index (χ4n) is 2.25. The first-order valence-corrected chi connectivity index (χ1v) is 6.29. The number of hydrogen-bond donors (Lipinski definition) is 1. The van der Waals surface area contributed by atoms with Crippen molar-refractivity contribution in [2.45, 2.75) is 19.4 Å². The third-order valence-corrected chi connectivity index (χ3v) is 3.27. The Morgan fingerprint density at radius 1 is 1.35 bits per heavy atom. The Balaban J connectivity index is 1.98. The maximum absolute atomic E-state index is 11.8. The summed E-state index contributed by atoms with van der Waals surface area (Å²) in [6.07, 6.45) is -0.937. The summed E-state index contributed by atoms with van der Waals surface area (Å²) in [6, 6.07) is 7.81. The first-order valence-electron chi connectivity index (χ1n) is 6.29. The zero-order valence-corrected chi connectivity index (χ0v) is 11.0. The quantitative estimate of drug-likeness (QED) is 0.851. The molecule has 0 spiro atoms. The standard InChI is InChI=1S/C14H15NO5/c1-9-7-11(15(12(9)16)14(18)19)8-20-13(17)10-5-3-2-4-6-10/h2-6,9,11H,7-8H2,1H3,(H,18,19)/t9?,11-/m0/s1. The Hall–Kier alpha value is -2.37. The molecule has 2 amide bonds. The Kier molecular flexibility index (Phi) is 4.02. The maximum atomic E-state index is 11.8. The predicted molar refractivity (Wildman–Crippen MR) is 69.2 cm³/mol. The van der Waals surface area contributed by atoms with Gasteiger partial charge in [-0.1, -0.05) is 25.1 Å². The number of carboxylic acid groups (broad SMARTS) is 1. The number of ether oxygens (including phenoxy) is 1. The molecule has 1 aromatic rings. The molecule has 6 nitrogen and oxygen atoms in total. The second-order valence-corrected chi connectivity index (χ2v) is 4.75. The van der Waals surface area contributed by atoms with E-state index >= 15 is 0 Å². The van der Waals surface area contributed by atoms with Crippen LogP contribution in [0.15, 0.2) is 30.3 Å². The number of amides is 2. The molecule has 2 rings (SSSR count). The van der Waals surface area contributed by atoms with Crippen LogP contribution in [0.4, 0.5) is 4.79 Å². The Morgan fingerprint density at radius 3 is 2.60 bits per heavy atom. The number of hydrogen-bond acceptors (Lipinski definition) is 4. The molecular weight excluding hydrogens is 262 g/mol. The van der Waals surface area contributed by atoms with Crippen LogP contribution in [0.1, 0.15) is 23.7 Å². The van der Waals surface area contributed by atoms with Gasteiger partial charge in [-0.25, -0.2) is 14.5 Å². The molecule has 2 atom stereocenters. The van der Waals surface area contributed by atoms with Crippen molar-refractivity contribution in [3.05, 3.63) is 35.9 Å². The van der Waals surface area contributed by atoms with Gasteiger partial charge in [-0.15, -0.1) is 0 Å². The number of benzene rings is 1. The minimum atomic E-state index is -1.31. The summed E-state index contributed by atoms with van der Waals surface area (Å²) in [5.41, 5.74) is 0.395. The van der Waals surface area contributed by atoms with Crippen molar-refractivity contribution in [1.82, 2.24) is 4.90 Å². The summed E-state index contributed by atoms with van der Waals surface area (Å²) in [4.78, 5) is 35.2. The second-order valence-electron chi connectivity index (χ2n) is 4.75. The summed E-state index contributed by atoms with van der Waals surface area (Å²) in [5, 5.41) is 9.02. The highest BCUT2D eigenvalue weighted by Gasteiger charge is 2.41. The fraction of sp³-hybridized carbons (Fsp3) is 0.357. The lowest BCUT2D eigenvalue weighted by Gasteiger charge is -2.19. The van der Waals surface area contributed by atoms with E-state index in [0.29, 0.717) is 12.0 Å². The second kappa shape index (κ2) is 5.73. The van der Waals surface area contributed by atoms with Crippen molar-refractivity contribution in [3.8, 4) is 0 Å². The van der Waals surface area contributed by atoms with Crippen molar-refractivity contribution >= 4 is 18.0 Å². The lowest BCUT2D eigenvalue weighted by molar-refractivity contribution is -0.130. The van der Waals surface area contributed by atoms with Crippen LogP contribution in [0, 0.1) is 5.92 Å². The third kappa shape index (κ3) is 2.79. The van der Waals surface area contributed by atoms with Gasteiger partial charge in [0, 0.05) is 5.92 Å². The zero-order valence-electron chi connectivity index (χ0n) is 11.0. The molecule has 6 heteroatoms. The van der Waals surface area contributed by atoms with E-state index in [2.05, 4.69) is 0 Å². The molecule has 1 saturated heterocycles. The van der Waals surface area contributed by atoms with Gasteiger partial charge in [0.2, 0.25) is 5.91 Å².